The highest BCUT2D eigenvalue weighted by atomic mass is 32.1. The Hall–Kier alpha value is -2.45. The Morgan fingerprint density at radius 3 is 3.15 bits per heavy atom. The fourth-order valence-electron chi connectivity index (χ4n) is 3.52. The summed E-state index contributed by atoms with van der Waals surface area (Å²) in [7, 11) is 1.67. The number of hydrogen-bond acceptors (Lipinski definition) is 5. The molecule has 3 aromatic heterocycles. The van der Waals surface area contributed by atoms with Gasteiger partial charge in [0.1, 0.15) is 5.52 Å². The van der Waals surface area contributed by atoms with Crippen molar-refractivity contribution >= 4 is 28.5 Å². The molecule has 2 amide bonds. The van der Waals surface area contributed by atoms with Crippen molar-refractivity contribution in [3.05, 3.63) is 35.8 Å². The molecule has 1 fully saturated rings. The molecule has 1 N–H and O–H groups in total. The lowest BCUT2D eigenvalue weighted by molar-refractivity contribution is 0.188. The maximum absolute atomic E-state index is 12.4. The van der Waals surface area contributed by atoms with E-state index in [0.717, 1.165) is 41.3 Å². The van der Waals surface area contributed by atoms with Crippen LogP contribution < -0.4 is 5.32 Å². The minimum Gasteiger partial charge on any atom is -0.385 e. The number of likely N-dealkylation sites (tertiary alicyclic amines) is 1. The number of fused-ring (bicyclic) bond motifs is 1. The number of pyridine rings is 1. The average molecular weight is 385 g/mol. The summed E-state index contributed by atoms with van der Waals surface area (Å²) in [6, 6.07) is 8.18. The van der Waals surface area contributed by atoms with Crippen molar-refractivity contribution in [3.8, 4) is 10.7 Å². The first-order valence-electron chi connectivity index (χ1n) is 9.16. The van der Waals surface area contributed by atoms with Crippen LogP contribution in [0.25, 0.3) is 21.9 Å². The van der Waals surface area contributed by atoms with E-state index in [2.05, 4.69) is 26.3 Å². The number of ether oxygens (including phenoxy) is 1. The number of nitrogens with zero attached hydrogens (tertiary/aromatic N) is 4. The highest BCUT2D eigenvalue weighted by Gasteiger charge is 2.30. The van der Waals surface area contributed by atoms with Gasteiger partial charge in [0.05, 0.1) is 10.9 Å². The molecule has 4 heterocycles. The van der Waals surface area contributed by atoms with Crippen molar-refractivity contribution in [2.45, 2.75) is 18.9 Å². The van der Waals surface area contributed by atoms with E-state index in [1.54, 1.807) is 24.6 Å². The molecule has 27 heavy (non-hydrogen) atoms. The summed E-state index contributed by atoms with van der Waals surface area (Å²) in [5, 5.41) is 5.03. The van der Waals surface area contributed by atoms with Gasteiger partial charge in [-0.3, -0.25) is 0 Å². The zero-order valence-corrected chi connectivity index (χ0v) is 16.1. The topological polar surface area (TPSA) is 72.3 Å². The number of carbonyl (C=O) groups excluding carboxylic acids is 1. The summed E-state index contributed by atoms with van der Waals surface area (Å²) in [5.74, 6) is 0.936. The number of nitrogens with one attached hydrogen (secondary N) is 1. The summed E-state index contributed by atoms with van der Waals surface area (Å²) in [6.45, 7) is 2.68. The van der Waals surface area contributed by atoms with Gasteiger partial charge in [0.25, 0.3) is 0 Å². The van der Waals surface area contributed by atoms with Crippen LogP contribution in [0.1, 0.15) is 18.9 Å². The number of aromatic nitrogens is 3. The predicted molar refractivity (Wildman–Crippen MR) is 106 cm³/mol. The highest BCUT2D eigenvalue weighted by molar-refractivity contribution is 7.13. The van der Waals surface area contributed by atoms with E-state index in [0.29, 0.717) is 19.7 Å². The van der Waals surface area contributed by atoms with Gasteiger partial charge in [-0.1, -0.05) is 6.07 Å². The lowest BCUT2D eigenvalue weighted by Crippen LogP contribution is -2.39. The molecule has 1 aliphatic rings. The second kappa shape index (κ2) is 8.06. The average Bonchev–Trinajstić information content (AvgIpc) is 3.43. The monoisotopic (exact) mass is 385 g/mol. The first kappa shape index (κ1) is 17.9. The largest absolute Gasteiger partial charge is 0.385 e. The van der Waals surface area contributed by atoms with Gasteiger partial charge in [-0.05, 0) is 36.4 Å². The third-order valence-electron chi connectivity index (χ3n) is 4.81. The lowest BCUT2D eigenvalue weighted by atomic mass is 10.2. The van der Waals surface area contributed by atoms with Gasteiger partial charge < -0.3 is 19.5 Å². The van der Waals surface area contributed by atoms with Gasteiger partial charge in [0.2, 0.25) is 0 Å². The summed E-state index contributed by atoms with van der Waals surface area (Å²) >= 11 is 1.67. The SMILES string of the molecule is COCCCNC(=O)N1CC[C@H](n2c(-c3cccs3)nc3cccnc32)C1. The third kappa shape index (κ3) is 3.68. The molecule has 0 unspecified atom stereocenters. The number of rotatable bonds is 6. The van der Waals surface area contributed by atoms with Crippen LogP contribution in [-0.2, 0) is 4.74 Å². The summed E-state index contributed by atoms with van der Waals surface area (Å²) in [6.07, 6.45) is 3.51. The molecular weight excluding hydrogens is 362 g/mol. The smallest absolute Gasteiger partial charge is 0.317 e. The first-order chi connectivity index (χ1) is 13.3. The molecule has 142 valence electrons. The minimum atomic E-state index is -0.0105. The number of thiophene rings is 1. The molecule has 4 rings (SSSR count). The van der Waals surface area contributed by atoms with E-state index < -0.39 is 0 Å². The second-order valence-electron chi connectivity index (χ2n) is 6.60. The highest BCUT2D eigenvalue weighted by Crippen LogP contribution is 2.33. The Labute approximate surface area is 162 Å². The van der Waals surface area contributed by atoms with Gasteiger partial charge in [0, 0.05) is 39.5 Å². The van der Waals surface area contributed by atoms with Crippen LogP contribution in [0, 0.1) is 0 Å². The molecule has 1 saturated heterocycles. The maximum Gasteiger partial charge on any atom is 0.317 e. The van der Waals surface area contributed by atoms with Crippen LogP contribution >= 0.6 is 11.3 Å². The Morgan fingerprint density at radius 1 is 1.41 bits per heavy atom. The van der Waals surface area contributed by atoms with E-state index in [4.69, 9.17) is 9.72 Å². The normalized spacial score (nSPS) is 16.9. The molecule has 0 radical (unpaired) electrons. The minimum absolute atomic E-state index is 0.0105. The van der Waals surface area contributed by atoms with Crippen molar-refractivity contribution in [1.29, 1.82) is 0 Å². The molecule has 8 heteroatoms. The summed E-state index contributed by atoms with van der Waals surface area (Å²) in [4.78, 5) is 24.8. The quantitative estimate of drug-likeness (QED) is 0.662. The number of carbonyl (C=O) groups is 1. The van der Waals surface area contributed by atoms with Crippen LogP contribution in [0.15, 0.2) is 35.8 Å². The van der Waals surface area contributed by atoms with E-state index in [-0.39, 0.29) is 12.1 Å². The molecule has 1 aliphatic heterocycles. The molecule has 3 aromatic rings. The van der Waals surface area contributed by atoms with Crippen molar-refractivity contribution in [3.63, 3.8) is 0 Å². The Morgan fingerprint density at radius 2 is 2.33 bits per heavy atom. The fourth-order valence-corrected chi connectivity index (χ4v) is 4.23. The predicted octanol–water partition coefficient (Wildman–Crippen LogP) is 3.15. The van der Waals surface area contributed by atoms with E-state index in [9.17, 15) is 4.79 Å². The Kier molecular flexibility index (Phi) is 5.35. The van der Waals surface area contributed by atoms with Crippen LogP contribution in [-0.4, -0.2) is 58.8 Å². The van der Waals surface area contributed by atoms with Gasteiger partial charge in [-0.2, -0.15) is 0 Å². The fraction of sp³-hybridized carbons (Fsp3) is 0.421. The van der Waals surface area contributed by atoms with Gasteiger partial charge in [0.15, 0.2) is 11.5 Å². The second-order valence-corrected chi connectivity index (χ2v) is 7.54. The number of methoxy groups -OCH3 is 1. The van der Waals surface area contributed by atoms with Gasteiger partial charge in [-0.25, -0.2) is 14.8 Å². The van der Waals surface area contributed by atoms with Crippen molar-refractivity contribution in [2.75, 3.05) is 33.4 Å². The summed E-state index contributed by atoms with van der Waals surface area (Å²) < 4.78 is 7.23. The molecule has 0 saturated carbocycles. The Balaban J connectivity index is 1.55. The number of urea groups is 1. The zero-order chi connectivity index (χ0) is 18.6. The molecule has 0 aromatic carbocycles. The van der Waals surface area contributed by atoms with E-state index in [1.807, 2.05) is 23.1 Å². The van der Waals surface area contributed by atoms with Crippen LogP contribution in [0.3, 0.4) is 0 Å². The van der Waals surface area contributed by atoms with Gasteiger partial charge >= 0.3 is 6.03 Å². The molecular formula is C19H23N5O2S. The number of imidazole rings is 1. The van der Waals surface area contributed by atoms with Gasteiger partial charge in [-0.15, -0.1) is 11.3 Å². The van der Waals surface area contributed by atoms with Crippen molar-refractivity contribution in [1.82, 2.24) is 24.8 Å². The molecule has 0 bridgehead atoms. The van der Waals surface area contributed by atoms with Crippen molar-refractivity contribution < 1.29 is 9.53 Å². The first-order valence-corrected chi connectivity index (χ1v) is 10.0. The molecule has 7 nitrogen and oxygen atoms in total. The molecule has 0 spiro atoms. The number of amides is 2. The lowest BCUT2D eigenvalue weighted by Gasteiger charge is -2.19. The molecule has 0 aliphatic carbocycles. The van der Waals surface area contributed by atoms with Crippen LogP contribution in [0.2, 0.25) is 0 Å². The standard InChI is InChI=1S/C19H23N5O2S/c1-26-11-4-9-21-19(25)23-10-7-14(13-23)24-17-15(5-2-8-20-17)22-18(24)16-6-3-12-27-16/h2-3,5-6,8,12,14H,4,7,9-11,13H2,1H3,(H,21,25)/t14-/m0/s1. The number of hydrogen-bond donors (Lipinski definition) is 1. The van der Waals surface area contributed by atoms with E-state index >= 15 is 0 Å². The molecule has 1 atom stereocenters. The van der Waals surface area contributed by atoms with Crippen LogP contribution in [0.5, 0.6) is 0 Å². The maximum atomic E-state index is 12.4. The third-order valence-corrected chi connectivity index (χ3v) is 5.67. The van der Waals surface area contributed by atoms with E-state index in [1.165, 1.54) is 0 Å². The van der Waals surface area contributed by atoms with Crippen LogP contribution in [0.4, 0.5) is 4.79 Å². The van der Waals surface area contributed by atoms with Crippen molar-refractivity contribution in [2.24, 2.45) is 0 Å². The summed E-state index contributed by atoms with van der Waals surface area (Å²) in [5.41, 5.74) is 1.77. The zero-order valence-electron chi connectivity index (χ0n) is 15.3. The Bertz CT molecular complexity index is 908.